The van der Waals surface area contributed by atoms with Gasteiger partial charge in [-0.2, -0.15) is 0 Å². The molecule has 31 heavy (non-hydrogen) atoms. The summed E-state index contributed by atoms with van der Waals surface area (Å²) in [7, 11) is 0. The maximum Gasteiger partial charge on any atom is 0.283 e. The molecular weight excluding hydrogens is 437 g/mol. The first kappa shape index (κ1) is 21.4. The van der Waals surface area contributed by atoms with Gasteiger partial charge in [-0.1, -0.05) is 35.3 Å². The molecule has 0 spiro atoms. The molecule has 1 N–H and O–H groups in total. The zero-order valence-corrected chi connectivity index (χ0v) is 18.5. The maximum absolute atomic E-state index is 13.0. The van der Waals surface area contributed by atoms with E-state index >= 15 is 0 Å². The standard InChI is InChI=1S/C23H21Cl2N3O3/c1-14-8-9-17(13-18(14)24)28-22(30)19(25)20(23(28)31)26-16-7-5-6-15(12-16)21(29)27-10-3-2-4-11-27/h5-9,12-13,26H,2-4,10-11H2,1H3. The second kappa shape index (κ2) is 8.73. The monoisotopic (exact) mass is 457 g/mol. The number of nitrogens with one attached hydrogen (secondary N) is 1. The molecule has 2 aromatic rings. The SMILES string of the molecule is Cc1ccc(N2C(=O)C(Cl)=C(Nc3cccc(C(=O)N4CCCCC4)c3)C2=O)cc1Cl. The Morgan fingerprint density at radius 3 is 2.42 bits per heavy atom. The number of carbonyl (C=O) groups is 3. The van der Waals surface area contributed by atoms with Crippen molar-refractivity contribution in [1.82, 2.24) is 4.90 Å². The fraction of sp³-hybridized carbons (Fsp3) is 0.261. The van der Waals surface area contributed by atoms with E-state index in [9.17, 15) is 14.4 Å². The van der Waals surface area contributed by atoms with Gasteiger partial charge < -0.3 is 10.2 Å². The fourth-order valence-corrected chi connectivity index (χ4v) is 4.11. The van der Waals surface area contributed by atoms with Gasteiger partial charge in [-0.15, -0.1) is 0 Å². The molecule has 0 radical (unpaired) electrons. The number of anilines is 2. The van der Waals surface area contributed by atoms with E-state index in [1.54, 1.807) is 42.5 Å². The molecule has 2 aliphatic heterocycles. The molecule has 1 saturated heterocycles. The summed E-state index contributed by atoms with van der Waals surface area (Å²) < 4.78 is 0. The Kier molecular flexibility index (Phi) is 6.03. The first-order valence-electron chi connectivity index (χ1n) is 10.1. The number of carbonyl (C=O) groups excluding carboxylic acids is 3. The van der Waals surface area contributed by atoms with Gasteiger partial charge >= 0.3 is 0 Å². The van der Waals surface area contributed by atoms with Gasteiger partial charge in [-0.05, 0) is 62.1 Å². The molecule has 0 saturated carbocycles. The van der Waals surface area contributed by atoms with Crippen molar-refractivity contribution in [1.29, 1.82) is 0 Å². The summed E-state index contributed by atoms with van der Waals surface area (Å²) in [6.45, 7) is 3.32. The third kappa shape index (κ3) is 4.18. The number of aryl methyl sites for hydroxylation is 1. The first-order chi connectivity index (χ1) is 14.9. The summed E-state index contributed by atoms with van der Waals surface area (Å²) in [5.74, 6) is -1.26. The second-order valence-electron chi connectivity index (χ2n) is 7.63. The van der Waals surface area contributed by atoms with E-state index in [1.165, 1.54) is 0 Å². The van der Waals surface area contributed by atoms with Crippen LogP contribution in [0.25, 0.3) is 0 Å². The van der Waals surface area contributed by atoms with E-state index in [4.69, 9.17) is 23.2 Å². The van der Waals surface area contributed by atoms with E-state index in [2.05, 4.69) is 5.32 Å². The van der Waals surface area contributed by atoms with Crippen LogP contribution in [0.3, 0.4) is 0 Å². The van der Waals surface area contributed by atoms with Gasteiger partial charge in [0, 0.05) is 29.4 Å². The van der Waals surface area contributed by atoms with E-state index in [1.807, 2.05) is 11.8 Å². The highest BCUT2D eigenvalue weighted by atomic mass is 35.5. The molecular formula is C23H21Cl2N3O3. The van der Waals surface area contributed by atoms with Crippen LogP contribution in [0.4, 0.5) is 11.4 Å². The van der Waals surface area contributed by atoms with Crippen LogP contribution in [-0.2, 0) is 9.59 Å². The van der Waals surface area contributed by atoms with Crippen LogP contribution in [0.15, 0.2) is 53.2 Å². The molecule has 6 nitrogen and oxygen atoms in total. The lowest BCUT2D eigenvalue weighted by molar-refractivity contribution is -0.120. The molecule has 3 amide bonds. The highest BCUT2D eigenvalue weighted by molar-refractivity contribution is 6.53. The highest BCUT2D eigenvalue weighted by Gasteiger charge is 2.39. The number of imide groups is 1. The molecule has 2 aromatic carbocycles. The predicted molar refractivity (Wildman–Crippen MR) is 121 cm³/mol. The summed E-state index contributed by atoms with van der Waals surface area (Å²) in [5, 5.41) is 3.16. The number of hydrogen-bond donors (Lipinski definition) is 1. The van der Waals surface area contributed by atoms with Crippen molar-refractivity contribution in [2.45, 2.75) is 26.2 Å². The quantitative estimate of drug-likeness (QED) is 0.674. The Hall–Kier alpha value is -2.83. The lowest BCUT2D eigenvalue weighted by Crippen LogP contribution is -2.35. The summed E-state index contributed by atoms with van der Waals surface area (Å²) in [6.07, 6.45) is 3.14. The number of halogens is 2. The minimum Gasteiger partial charge on any atom is -0.350 e. The van der Waals surface area contributed by atoms with Crippen molar-refractivity contribution >= 4 is 52.3 Å². The Labute approximate surface area is 190 Å². The van der Waals surface area contributed by atoms with Crippen LogP contribution >= 0.6 is 23.2 Å². The summed E-state index contributed by atoms with van der Waals surface area (Å²) >= 11 is 12.4. The Balaban J connectivity index is 1.56. The topological polar surface area (TPSA) is 69.7 Å². The predicted octanol–water partition coefficient (Wildman–Crippen LogP) is 4.71. The van der Waals surface area contributed by atoms with Crippen molar-refractivity contribution < 1.29 is 14.4 Å². The van der Waals surface area contributed by atoms with Crippen molar-refractivity contribution in [2.24, 2.45) is 0 Å². The van der Waals surface area contributed by atoms with Gasteiger partial charge in [0.1, 0.15) is 10.7 Å². The number of likely N-dealkylation sites (tertiary alicyclic amines) is 1. The van der Waals surface area contributed by atoms with Gasteiger partial charge in [-0.25, -0.2) is 4.90 Å². The molecule has 0 atom stereocenters. The average Bonchev–Trinajstić information content (AvgIpc) is 2.99. The smallest absolute Gasteiger partial charge is 0.283 e. The van der Waals surface area contributed by atoms with Crippen LogP contribution < -0.4 is 10.2 Å². The molecule has 1 fully saturated rings. The van der Waals surface area contributed by atoms with Crippen molar-refractivity contribution in [3.8, 4) is 0 Å². The van der Waals surface area contributed by atoms with Crippen molar-refractivity contribution in [2.75, 3.05) is 23.3 Å². The number of piperidine rings is 1. The van der Waals surface area contributed by atoms with E-state index in [0.717, 1.165) is 42.8 Å². The van der Waals surface area contributed by atoms with Gasteiger partial charge in [-0.3, -0.25) is 14.4 Å². The number of amides is 3. The lowest BCUT2D eigenvalue weighted by atomic mass is 10.1. The van der Waals surface area contributed by atoms with E-state index < -0.39 is 11.8 Å². The number of nitrogens with zero attached hydrogens (tertiary/aromatic N) is 2. The molecule has 160 valence electrons. The number of benzene rings is 2. The maximum atomic E-state index is 13.0. The van der Waals surface area contributed by atoms with Gasteiger partial charge in [0.25, 0.3) is 17.7 Å². The summed E-state index contributed by atoms with van der Waals surface area (Å²) in [6, 6.07) is 11.8. The third-order valence-corrected chi connectivity index (χ3v) is 6.22. The van der Waals surface area contributed by atoms with Crippen LogP contribution in [0.1, 0.15) is 35.2 Å². The Bertz CT molecular complexity index is 1110. The third-order valence-electron chi connectivity index (χ3n) is 5.46. The summed E-state index contributed by atoms with van der Waals surface area (Å²) in [4.78, 5) is 41.2. The Morgan fingerprint density at radius 2 is 1.71 bits per heavy atom. The van der Waals surface area contributed by atoms with Crippen LogP contribution in [0.5, 0.6) is 0 Å². The Morgan fingerprint density at radius 1 is 0.968 bits per heavy atom. The second-order valence-corrected chi connectivity index (χ2v) is 8.41. The van der Waals surface area contributed by atoms with E-state index in [-0.39, 0.29) is 16.6 Å². The van der Waals surface area contributed by atoms with Crippen molar-refractivity contribution in [3.05, 3.63) is 69.3 Å². The normalized spacial score (nSPS) is 16.9. The molecule has 0 aliphatic carbocycles. The molecule has 8 heteroatoms. The molecule has 0 aromatic heterocycles. The molecule has 2 heterocycles. The lowest BCUT2D eigenvalue weighted by Gasteiger charge is -2.26. The average molecular weight is 458 g/mol. The van der Waals surface area contributed by atoms with Crippen molar-refractivity contribution in [3.63, 3.8) is 0 Å². The van der Waals surface area contributed by atoms with Gasteiger partial charge in [0.15, 0.2) is 0 Å². The zero-order valence-electron chi connectivity index (χ0n) is 17.0. The minimum atomic E-state index is -0.630. The van der Waals surface area contributed by atoms with Crippen LogP contribution in [0.2, 0.25) is 5.02 Å². The molecule has 4 rings (SSSR count). The van der Waals surface area contributed by atoms with Gasteiger partial charge in [0.05, 0.1) is 5.69 Å². The molecule has 2 aliphatic rings. The minimum absolute atomic E-state index is 0.0362. The van der Waals surface area contributed by atoms with Gasteiger partial charge in [0.2, 0.25) is 0 Å². The largest absolute Gasteiger partial charge is 0.350 e. The highest BCUT2D eigenvalue weighted by Crippen LogP contribution is 2.32. The zero-order chi connectivity index (χ0) is 22.1. The molecule has 0 unspecified atom stereocenters. The summed E-state index contributed by atoms with van der Waals surface area (Å²) in [5.41, 5.74) is 2.15. The first-order valence-corrected chi connectivity index (χ1v) is 10.8. The van der Waals surface area contributed by atoms with E-state index in [0.29, 0.717) is 22.0 Å². The number of hydrogen-bond acceptors (Lipinski definition) is 4. The fourth-order valence-electron chi connectivity index (χ4n) is 3.72. The number of rotatable bonds is 4. The van der Waals surface area contributed by atoms with Crippen LogP contribution in [0, 0.1) is 6.92 Å². The van der Waals surface area contributed by atoms with Crippen LogP contribution in [-0.4, -0.2) is 35.7 Å². The molecule has 0 bridgehead atoms.